The van der Waals surface area contributed by atoms with Crippen LogP contribution < -0.4 is 5.32 Å². The molecule has 0 amide bonds. The number of thiophene rings is 1. The second-order valence-electron chi connectivity index (χ2n) is 5.97. The van der Waals surface area contributed by atoms with Gasteiger partial charge in [0, 0.05) is 17.5 Å². The fourth-order valence-corrected chi connectivity index (χ4v) is 3.93. The van der Waals surface area contributed by atoms with Crippen LogP contribution in [0, 0.1) is 11.3 Å². The van der Waals surface area contributed by atoms with E-state index in [0.717, 1.165) is 16.3 Å². The van der Waals surface area contributed by atoms with E-state index in [-0.39, 0.29) is 0 Å². The maximum atomic E-state index is 6.02. The zero-order valence-electron chi connectivity index (χ0n) is 10.3. The molecule has 1 atom stereocenters. The minimum Gasteiger partial charge on any atom is -0.313 e. The molecule has 2 fully saturated rings. The summed E-state index contributed by atoms with van der Waals surface area (Å²) in [5, 5.41) is 3.72. The molecular weight excluding hydrogens is 250 g/mol. The molecule has 0 spiro atoms. The first-order chi connectivity index (χ1) is 8.16. The highest BCUT2D eigenvalue weighted by Crippen LogP contribution is 2.48. The van der Waals surface area contributed by atoms with E-state index in [9.17, 15) is 0 Å². The highest BCUT2D eigenvalue weighted by atomic mass is 35.5. The molecule has 3 rings (SSSR count). The number of hydrogen-bond donors (Lipinski definition) is 1. The van der Waals surface area contributed by atoms with Gasteiger partial charge in [-0.3, -0.25) is 0 Å². The Morgan fingerprint density at radius 1 is 1.35 bits per heavy atom. The van der Waals surface area contributed by atoms with E-state index in [1.807, 2.05) is 6.07 Å². The molecular formula is C14H20ClNS. The van der Waals surface area contributed by atoms with Crippen LogP contribution in [0.15, 0.2) is 12.1 Å². The van der Waals surface area contributed by atoms with Crippen LogP contribution in [0.3, 0.4) is 0 Å². The van der Waals surface area contributed by atoms with Crippen molar-refractivity contribution in [1.29, 1.82) is 0 Å². The number of hydrogen-bond acceptors (Lipinski definition) is 2. The molecule has 2 aliphatic rings. The Labute approximate surface area is 113 Å². The van der Waals surface area contributed by atoms with Gasteiger partial charge in [-0.15, -0.1) is 11.3 Å². The molecule has 0 saturated heterocycles. The van der Waals surface area contributed by atoms with Gasteiger partial charge >= 0.3 is 0 Å². The van der Waals surface area contributed by atoms with Crippen molar-refractivity contribution in [2.45, 2.75) is 45.1 Å². The topological polar surface area (TPSA) is 12.0 Å². The SMILES string of the molecule is CC(CNC1CC1)(Cc1ccc(Cl)s1)C1CC1. The summed E-state index contributed by atoms with van der Waals surface area (Å²) in [7, 11) is 0. The maximum absolute atomic E-state index is 6.02. The lowest BCUT2D eigenvalue weighted by Gasteiger charge is -2.30. The quantitative estimate of drug-likeness (QED) is 0.819. The Kier molecular flexibility index (Phi) is 3.22. The summed E-state index contributed by atoms with van der Waals surface area (Å²) in [5.74, 6) is 0.926. The minimum absolute atomic E-state index is 0.441. The lowest BCUT2D eigenvalue weighted by molar-refractivity contribution is 0.256. The first-order valence-corrected chi connectivity index (χ1v) is 7.83. The Bertz CT molecular complexity index is 395. The van der Waals surface area contributed by atoms with Crippen molar-refractivity contribution in [3.63, 3.8) is 0 Å². The normalized spacial score (nSPS) is 23.6. The molecule has 0 bridgehead atoms. The highest BCUT2D eigenvalue weighted by Gasteiger charge is 2.42. The van der Waals surface area contributed by atoms with Crippen molar-refractivity contribution in [1.82, 2.24) is 5.32 Å². The predicted octanol–water partition coefficient (Wildman–Crippen LogP) is 4.11. The molecule has 0 radical (unpaired) electrons. The third kappa shape index (κ3) is 3.04. The molecule has 3 heteroatoms. The van der Waals surface area contributed by atoms with Crippen LogP contribution in [0.2, 0.25) is 4.34 Å². The third-order valence-electron chi connectivity index (χ3n) is 4.14. The molecule has 17 heavy (non-hydrogen) atoms. The van der Waals surface area contributed by atoms with E-state index in [0.29, 0.717) is 5.41 Å². The summed E-state index contributed by atoms with van der Waals surface area (Å²) in [4.78, 5) is 1.45. The van der Waals surface area contributed by atoms with E-state index < -0.39 is 0 Å². The standard InChI is InChI=1S/C14H20ClNS/c1-14(10-2-3-10,9-16-11-4-5-11)8-12-6-7-13(15)17-12/h6-7,10-11,16H,2-5,8-9H2,1H3. The Morgan fingerprint density at radius 2 is 2.12 bits per heavy atom. The Balaban J connectivity index is 1.65. The van der Waals surface area contributed by atoms with Crippen molar-refractivity contribution < 1.29 is 0 Å². The van der Waals surface area contributed by atoms with Gasteiger partial charge in [-0.25, -0.2) is 0 Å². The molecule has 1 N–H and O–H groups in total. The predicted molar refractivity (Wildman–Crippen MR) is 74.9 cm³/mol. The van der Waals surface area contributed by atoms with Crippen LogP contribution >= 0.6 is 22.9 Å². The van der Waals surface area contributed by atoms with Gasteiger partial charge in [0.15, 0.2) is 0 Å². The van der Waals surface area contributed by atoms with Crippen molar-refractivity contribution >= 4 is 22.9 Å². The summed E-state index contributed by atoms with van der Waals surface area (Å²) >= 11 is 7.77. The second kappa shape index (κ2) is 4.56. The zero-order chi connectivity index (χ0) is 11.9. The van der Waals surface area contributed by atoms with Gasteiger partial charge in [-0.2, -0.15) is 0 Å². The monoisotopic (exact) mass is 269 g/mol. The van der Waals surface area contributed by atoms with E-state index in [1.165, 1.54) is 43.5 Å². The smallest absolute Gasteiger partial charge is 0.0931 e. The van der Waals surface area contributed by atoms with E-state index >= 15 is 0 Å². The van der Waals surface area contributed by atoms with Crippen LogP contribution in [-0.2, 0) is 6.42 Å². The van der Waals surface area contributed by atoms with Crippen LogP contribution in [0.4, 0.5) is 0 Å². The fourth-order valence-electron chi connectivity index (χ4n) is 2.64. The molecule has 0 aromatic carbocycles. The lowest BCUT2D eigenvalue weighted by atomic mass is 9.81. The molecule has 1 nitrogen and oxygen atoms in total. The minimum atomic E-state index is 0.441. The number of halogens is 1. The summed E-state index contributed by atoms with van der Waals surface area (Å²) < 4.78 is 0.924. The number of rotatable bonds is 6. The molecule has 1 aromatic heterocycles. The summed E-state index contributed by atoms with van der Waals surface area (Å²) in [6, 6.07) is 5.05. The van der Waals surface area contributed by atoms with Crippen LogP contribution in [-0.4, -0.2) is 12.6 Å². The Hall–Kier alpha value is -0.0500. The van der Waals surface area contributed by atoms with Gasteiger partial charge in [0.25, 0.3) is 0 Å². The average molecular weight is 270 g/mol. The van der Waals surface area contributed by atoms with Gasteiger partial charge in [-0.1, -0.05) is 18.5 Å². The van der Waals surface area contributed by atoms with Gasteiger partial charge in [-0.05, 0) is 55.6 Å². The molecule has 2 saturated carbocycles. The van der Waals surface area contributed by atoms with Gasteiger partial charge in [0.1, 0.15) is 0 Å². The van der Waals surface area contributed by atoms with E-state index in [4.69, 9.17) is 11.6 Å². The van der Waals surface area contributed by atoms with Crippen LogP contribution in [0.1, 0.15) is 37.5 Å². The summed E-state index contributed by atoms with van der Waals surface area (Å²) in [5.41, 5.74) is 0.441. The lowest BCUT2D eigenvalue weighted by Crippen LogP contribution is -2.36. The fraction of sp³-hybridized carbons (Fsp3) is 0.714. The van der Waals surface area contributed by atoms with Gasteiger partial charge in [0.2, 0.25) is 0 Å². The molecule has 94 valence electrons. The van der Waals surface area contributed by atoms with Crippen molar-refractivity contribution in [2.75, 3.05) is 6.54 Å². The van der Waals surface area contributed by atoms with Crippen LogP contribution in [0.25, 0.3) is 0 Å². The summed E-state index contributed by atoms with van der Waals surface area (Å²) in [6.45, 7) is 3.63. The molecule has 0 aliphatic heterocycles. The highest BCUT2D eigenvalue weighted by molar-refractivity contribution is 7.16. The molecule has 1 aromatic rings. The van der Waals surface area contributed by atoms with Gasteiger partial charge < -0.3 is 5.32 Å². The first-order valence-electron chi connectivity index (χ1n) is 6.63. The maximum Gasteiger partial charge on any atom is 0.0931 e. The van der Waals surface area contributed by atoms with Crippen molar-refractivity contribution in [2.24, 2.45) is 11.3 Å². The molecule has 2 aliphatic carbocycles. The average Bonchev–Trinajstić information content (AvgIpc) is 3.16. The largest absolute Gasteiger partial charge is 0.313 e. The van der Waals surface area contributed by atoms with E-state index in [2.05, 4.69) is 18.3 Å². The first kappa shape index (κ1) is 12.0. The molecule has 1 unspecified atom stereocenters. The number of nitrogens with one attached hydrogen (secondary N) is 1. The van der Waals surface area contributed by atoms with Gasteiger partial charge in [0.05, 0.1) is 4.34 Å². The third-order valence-corrected chi connectivity index (χ3v) is 5.37. The van der Waals surface area contributed by atoms with E-state index in [1.54, 1.807) is 11.3 Å². The van der Waals surface area contributed by atoms with Crippen molar-refractivity contribution in [3.8, 4) is 0 Å². The molecule has 1 heterocycles. The second-order valence-corrected chi connectivity index (χ2v) is 7.77. The zero-order valence-corrected chi connectivity index (χ0v) is 11.9. The van der Waals surface area contributed by atoms with Crippen molar-refractivity contribution in [3.05, 3.63) is 21.3 Å². The van der Waals surface area contributed by atoms with Crippen LogP contribution in [0.5, 0.6) is 0 Å². The summed E-state index contributed by atoms with van der Waals surface area (Å²) in [6.07, 6.45) is 6.79. The Morgan fingerprint density at radius 3 is 2.65 bits per heavy atom.